The number of carbonyl (C=O) groups is 3. The third-order valence-corrected chi connectivity index (χ3v) is 7.39. The van der Waals surface area contributed by atoms with Crippen molar-refractivity contribution in [2.24, 2.45) is 11.8 Å². The van der Waals surface area contributed by atoms with Crippen molar-refractivity contribution in [1.29, 1.82) is 0 Å². The average molecular weight is 515 g/mol. The Hall–Kier alpha value is -2.81. The van der Waals surface area contributed by atoms with E-state index in [1.807, 2.05) is 56.0 Å². The zero-order valence-corrected chi connectivity index (χ0v) is 22.6. The Morgan fingerprint density at radius 1 is 0.865 bits per heavy atom. The topological polar surface area (TPSA) is 82.6 Å². The fourth-order valence-corrected chi connectivity index (χ4v) is 5.38. The van der Waals surface area contributed by atoms with Crippen LogP contribution in [0.3, 0.4) is 0 Å². The standard InChI is InChI=1S/C28H42N4O5/c1-28(2,3)37-27(35)30-11-9-22(10-12-30)19-32-20-24(17-25(32)33)18-29-13-15-31(16-14-29)26(34)36-21-23-7-5-4-6-8-23/h4-8,22,24H,9-21H2,1-3H3. The third-order valence-electron chi connectivity index (χ3n) is 7.39. The molecule has 204 valence electrons. The molecule has 3 fully saturated rings. The smallest absolute Gasteiger partial charge is 0.410 e. The molecule has 3 aliphatic rings. The largest absolute Gasteiger partial charge is 0.445 e. The molecule has 1 atom stereocenters. The van der Waals surface area contributed by atoms with Crippen LogP contribution in [-0.4, -0.2) is 102 Å². The van der Waals surface area contributed by atoms with Crippen molar-refractivity contribution in [1.82, 2.24) is 19.6 Å². The second-order valence-electron chi connectivity index (χ2n) is 11.6. The van der Waals surface area contributed by atoms with E-state index in [-0.39, 0.29) is 18.1 Å². The van der Waals surface area contributed by atoms with Crippen LogP contribution in [0.1, 0.15) is 45.6 Å². The molecule has 9 heteroatoms. The van der Waals surface area contributed by atoms with E-state index in [9.17, 15) is 14.4 Å². The van der Waals surface area contributed by atoms with Gasteiger partial charge in [0.1, 0.15) is 12.2 Å². The van der Waals surface area contributed by atoms with E-state index in [1.165, 1.54) is 0 Å². The number of piperidine rings is 1. The van der Waals surface area contributed by atoms with Crippen molar-refractivity contribution in [2.75, 3.05) is 58.9 Å². The highest BCUT2D eigenvalue weighted by Crippen LogP contribution is 2.25. The first-order valence-corrected chi connectivity index (χ1v) is 13.6. The van der Waals surface area contributed by atoms with Crippen LogP contribution in [0.25, 0.3) is 0 Å². The molecule has 1 unspecified atom stereocenters. The lowest BCUT2D eigenvalue weighted by Crippen LogP contribution is -2.50. The number of hydrogen-bond donors (Lipinski definition) is 0. The number of hydrogen-bond acceptors (Lipinski definition) is 6. The maximum Gasteiger partial charge on any atom is 0.410 e. The summed E-state index contributed by atoms with van der Waals surface area (Å²) in [5, 5.41) is 0. The van der Waals surface area contributed by atoms with Crippen molar-refractivity contribution >= 4 is 18.1 Å². The molecular formula is C28H42N4O5. The molecular weight excluding hydrogens is 472 g/mol. The van der Waals surface area contributed by atoms with Gasteiger partial charge in [0, 0.05) is 65.3 Å². The average Bonchev–Trinajstić information content (AvgIpc) is 3.21. The Labute approximate surface area is 220 Å². The quantitative estimate of drug-likeness (QED) is 0.579. The van der Waals surface area contributed by atoms with Crippen molar-refractivity contribution < 1.29 is 23.9 Å². The monoisotopic (exact) mass is 514 g/mol. The second-order valence-corrected chi connectivity index (χ2v) is 11.6. The molecule has 0 spiro atoms. The SMILES string of the molecule is CC(C)(C)OC(=O)N1CCC(CN2CC(CN3CCN(C(=O)OCc4ccccc4)CC3)CC2=O)CC1. The van der Waals surface area contributed by atoms with Gasteiger partial charge in [0.25, 0.3) is 0 Å². The minimum Gasteiger partial charge on any atom is -0.445 e. The predicted molar refractivity (Wildman–Crippen MR) is 140 cm³/mol. The summed E-state index contributed by atoms with van der Waals surface area (Å²) in [5.41, 5.74) is 0.502. The highest BCUT2D eigenvalue weighted by molar-refractivity contribution is 5.78. The molecule has 1 aromatic rings. The van der Waals surface area contributed by atoms with Crippen LogP contribution < -0.4 is 0 Å². The first-order valence-electron chi connectivity index (χ1n) is 13.6. The fraction of sp³-hybridized carbons (Fsp3) is 0.679. The molecule has 3 saturated heterocycles. The predicted octanol–water partition coefficient (Wildman–Crippen LogP) is 3.44. The molecule has 0 aliphatic carbocycles. The summed E-state index contributed by atoms with van der Waals surface area (Å²) in [4.78, 5) is 45.4. The van der Waals surface area contributed by atoms with Crippen LogP contribution in [0.4, 0.5) is 9.59 Å². The van der Waals surface area contributed by atoms with Gasteiger partial charge in [0.15, 0.2) is 0 Å². The van der Waals surface area contributed by atoms with E-state index in [2.05, 4.69) is 4.90 Å². The Morgan fingerprint density at radius 2 is 1.51 bits per heavy atom. The fourth-order valence-electron chi connectivity index (χ4n) is 5.38. The second kappa shape index (κ2) is 12.2. The number of likely N-dealkylation sites (tertiary alicyclic amines) is 2. The molecule has 3 amide bonds. The highest BCUT2D eigenvalue weighted by atomic mass is 16.6. The van der Waals surface area contributed by atoms with Gasteiger partial charge in [0.05, 0.1) is 0 Å². The number of benzene rings is 1. The zero-order valence-electron chi connectivity index (χ0n) is 22.6. The number of nitrogens with zero attached hydrogens (tertiary/aromatic N) is 4. The maximum atomic E-state index is 12.7. The van der Waals surface area contributed by atoms with E-state index >= 15 is 0 Å². The van der Waals surface area contributed by atoms with E-state index in [1.54, 1.807) is 9.80 Å². The normalized spacial score (nSPS) is 21.9. The molecule has 0 aromatic heterocycles. The molecule has 9 nitrogen and oxygen atoms in total. The van der Waals surface area contributed by atoms with E-state index in [0.717, 1.165) is 51.1 Å². The van der Waals surface area contributed by atoms with E-state index < -0.39 is 5.60 Å². The van der Waals surface area contributed by atoms with E-state index in [4.69, 9.17) is 9.47 Å². The Kier molecular flexibility index (Phi) is 8.95. The molecule has 3 heterocycles. The molecule has 3 aliphatic heterocycles. The summed E-state index contributed by atoms with van der Waals surface area (Å²) in [6.45, 7) is 12.7. The Morgan fingerprint density at radius 3 is 2.16 bits per heavy atom. The summed E-state index contributed by atoms with van der Waals surface area (Å²) in [5.74, 6) is 0.987. The molecule has 0 bridgehead atoms. The van der Waals surface area contributed by atoms with Crippen LogP contribution in [0, 0.1) is 11.8 Å². The minimum atomic E-state index is -0.483. The van der Waals surface area contributed by atoms with Gasteiger partial charge in [-0.1, -0.05) is 30.3 Å². The molecule has 4 rings (SSSR count). The number of rotatable bonds is 6. The van der Waals surface area contributed by atoms with Gasteiger partial charge in [-0.15, -0.1) is 0 Å². The van der Waals surface area contributed by atoms with Gasteiger partial charge in [-0.2, -0.15) is 0 Å². The summed E-state index contributed by atoms with van der Waals surface area (Å²) in [6.07, 6.45) is 1.89. The van der Waals surface area contributed by atoms with Crippen LogP contribution in [0.5, 0.6) is 0 Å². The summed E-state index contributed by atoms with van der Waals surface area (Å²) < 4.78 is 11.0. The van der Waals surface area contributed by atoms with Crippen LogP contribution >= 0.6 is 0 Å². The molecule has 0 saturated carbocycles. The molecule has 0 radical (unpaired) electrons. The number of carbonyl (C=O) groups excluding carboxylic acids is 3. The van der Waals surface area contributed by atoms with Crippen molar-refractivity contribution in [2.45, 2.75) is 52.2 Å². The first kappa shape index (κ1) is 27.2. The van der Waals surface area contributed by atoms with Gasteiger partial charge < -0.3 is 24.2 Å². The van der Waals surface area contributed by atoms with Crippen molar-refractivity contribution in [3.05, 3.63) is 35.9 Å². The van der Waals surface area contributed by atoms with Crippen molar-refractivity contribution in [3.8, 4) is 0 Å². The van der Waals surface area contributed by atoms with Gasteiger partial charge in [-0.05, 0) is 51.0 Å². The highest BCUT2D eigenvalue weighted by Gasteiger charge is 2.35. The maximum absolute atomic E-state index is 12.7. The van der Waals surface area contributed by atoms with Crippen LogP contribution in [-0.2, 0) is 20.9 Å². The lowest BCUT2D eigenvalue weighted by Gasteiger charge is -2.36. The Bertz CT molecular complexity index is 918. The molecule has 37 heavy (non-hydrogen) atoms. The van der Waals surface area contributed by atoms with Crippen molar-refractivity contribution in [3.63, 3.8) is 0 Å². The first-order chi connectivity index (χ1) is 17.7. The van der Waals surface area contributed by atoms with Gasteiger partial charge in [0.2, 0.25) is 5.91 Å². The van der Waals surface area contributed by atoms with Crippen LogP contribution in [0.15, 0.2) is 30.3 Å². The minimum absolute atomic E-state index is 0.239. The van der Waals surface area contributed by atoms with Gasteiger partial charge in [-0.3, -0.25) is 9.69 Å². The van der Waals surface area contributed by atoms with E-state index in [0.29, 0.717) is 51.0 Å². The summed E-state index contributed by atoms with van der Waals surface area (Å²) >= 11 is 0. The zero-order chi connectivity index (χ0) is 26.4. The number of piperazine rings is 1. The Balaban J connectivity index is 1.13. The van der Waals surface area contributed by atoms with Gasteiger partial charge >= 0.3 is 12.2 Å². The third kappa shape index (κ3) is 8.09. The summed E-state index contributed by atoms with van der Waals surface area (Å²) in [7, 11) is 0. The summed E-state index contributed by atoms with van der Waals surface area (Å²) in [6, 6.07) is 9.71. The number of ether oxygens (including phenoxy) is 2. The molecule has 0 N–H and O–H groups in total. The van der Waals surface area contributed by atoms with Gasteiger partial charge in [-0.25, -0.2) is 9.59 Å². The lowest BCUT2D eigenvalue weighted by atomic mass is 9.96. The van der Waals surface area contributed by atoms with Crippen LogP contribution in [0.2, 0.25) is 0 Å². The number of amides is 3. The molecule has 1 aromatic carbocycles. The lowest BCUT2D eigenvalue weighted by molar-refractivity contribution is -0.128.